The summed E-state index contributed by atoms with van der Waals surface area (Å²) in [5.41, 5.74) is 0. The van der Waals surface area contributed by atoms with Gasteiger partial charge >= 0.3 is 0 Å². The average Bonchev–Trinajstić information content (AvgIpc) is 2.13. The van der Waals surface area contributed by atoms with Gasteiger partial charge in [-0.05, 0) is 38.1 Å². The predicted octanol–water partition coefficient (Wildman–Crippen LogP) is 0.650. The lowest BCUT2D eigenvalue weighted by Crippen LogP contribution is -2.46. The lowest BCUT2D eigenvalue weighted by Gasteiger charge is -2.35. The van der Waals surface area contributed by atoms with E-state index in [0.717, 1.165) is 32.2 Å². The van der Waals surface area contributed by atoms with Crippen molar-refractivity contribution in [3.8, 4) is 0 Å². The van der Waals surface area contributed by atoms with Gasteiger partial charge in [0.05, 0.1) is 12.2 Å². The first-order valence-corrected chi connectivity index (χ1v) is 5.85. The topological polar surface area (TPSA) is 52.5 Å². The van der Waals surface area contributed by atoms with Crippen molar-refractivity contribution in [1.82, 2.24) is 5.32 Å². The number of hydrogen-bond donors (Lipinski definition) is 3. The van der Waals surface area contributed by atoms with Crippen LogP contribution in [0.1, 0.15) is 38.5 Å². The molecule has 14 heavy (non-hydrogen) atoms. The van der Waals surface area contributed by atoms with Crippen molar-refractivity contribution in [3.05, 3.63) is 0 Å². The molecule has 0 spiro atoms. The van der Waals surface area contributed by atoms with E-state index in [1.165, 1.54) is 12.8 Å². The molecule has 0 bridgehead atoms. The van der Waals surface area contributed by atoms with E-state index >= 15 is 0 Å². The molecule has 2 atom stereocenters. The summed E-state index contributed by atoms with van der Waals surface area (Å²) in [6.45, 7) is 0.971. The van der Waals surface area contributed by atoms with Crippen LogP contribution < -0.4 is 5.32 Å². The molecule has 0 heterocycles. The zero-order valence-electron chi connectivity index (χ0n) is 8.65. The van der Waals surface area contributed by atoms with Gasteiger partial charge in [-0.15, -0.1) is 0 Å². The van der Waals surface area contributed by atoms with Gasteiger partial charge in [0.25, 0.3) is 0 Å². The molecule has 2 fully saturated rings. The first-order valence-electron chi connectivity index (χ1n) is 5.85. The molecule has 3 heteroatoms. The molecule has 0 aromatic rings. The molecule has 2 aliphatic carbocycles. The Morgan fingerprint density at radius 3 is 2.43 bits per heavy atom. The zero-order valence-corrected chi connectivity index (χ0v) is 8.65. The molecule has 3 N–H and O–H groups in total. The van der Waals surface area contributed by atoms with Crippen molar-refractivity contribution in [2.75, 3.05) is 6.54 Å². The second-order valence-corrected chi connectivity index (χ2v) is 4.86. The number of nitrogens with one attached hydrogen (secondary N) is 1. The Hall–Kier alpha value is -0.120. The molecule has 0 aromatic carbocycles. The summed E-state index contributed by atoms with van der Waals surface area (Å²) in [6.07, 6.45) is 6.14. The Morgan fingerprint density at radius 1 is 1.07 bits per heavy atom. The molecule has 2 saturated carbocycles. The number of hydrogen-bond acceptors (Lipinski definition) is 3. The average molecular weight is 199 g/mol. The maximum Gasteiger partial charge on any atom is 0.0693 e. The summed E-state index contributed by atoms with van der Waals surface area (Å²) < 4.78 is 0. The van der Waals surface area contributed by atoms with Crippen LogP contribution in [0.15, 0.2) is 0 Å². The van der Waals surface area contributed by atoms with E-state index < -0.39 is 0 Å². The largest absolute Gasteiger partial charge is 0.393 e. The third-order valence-corrected chi connectivity index (χ3v) is 3.61. The second kappa shape index (κ2) is 4.60. The van der Waals surface area contributed by atoms with Crippen LogP contribution in [0.4, 0.5) is 0 Å². The lowest BCUT2D eigenvalue weighted by atomic mass is 9.82. The van der Waals surface area contributed by atoms with Gasteiger partial charge < -0.3 is 15.5 Å². The Morgan fingerprint density at radius 2 is 1.79 bits per heavy atom. The zero-order chi connectivity index (χ0) is 9.97. The van der Waals surface area contributed by atoms with E-state index in [-0.39, 0.29) is 12.2 Å². The first kappa shape index (κ1) is 10.4. The second-order valence-electron chi connectivity index (χ2n) is 4.86. The quantitative estimate of drug-likeness (QED) is 0.625. The minimum atomic E-state index is -0.145. The van der Waals surface area contributed by atoms with Gasteiger partial charge in [0.15, 0.2) is 0 Å². The monoisotopic (exact) mass is 199 g/mol. The summed E-state index contributed by atoms with van der Waals surface area (Å²) in [7, 11) is 0. The third-order valence-electron chi connectivity index (χ3n) is 3.61. The summed E-state index contributed by atoms with van der Waals surface area (Å²) in [4.78, 5) is 0. The van der Waals surface area contributed by atoms with E-state index in [2.05, 4.69) is 5.32 Å². The maximum atomic E-state index is 9.71. The first-order chi connectivity index (χ1) is 6.75. The number of aliphatic hydroxyl groups excluding tert-OH is 2. The van der Waals surface area contributed by atoms with Crippen LogP contribution in [-0.2, 0) is 0 Å². The fraction of sp³-hybridized carbons (Fsp3) is 1.00. The molecule has 2 rings (SSSR count). The molecular weight excluding hydrogens is 178 g/mol. The van der Waals surface area contributed by atoms with Gasteiger partial charge in [0.1, 0.15) is 0 Å². The highest BCUT2D eigenvalue weighted by Crippen LogP contribution is 2.27. The molecule has 0 aliphatic heterocycles. The van der Waals surface area contributed by atoms with Crippen molar-refractivity contribution in [3.63, 3.8) is 0 Å². The van der Waals surface area contributed by atoms with Crippen LogP contribution in [0.25, 0.3) is 0 Å². The molecule has 0 unspecified atom stereocenters. The van der Waals surface area contributed by atoms with Crippen LogP contribution in [0.3, 0.4) is 0 Å². The van der Waals surface area contributed by atoms with Crippen LogP contribution in [-0.4, -0.2) is 35.0 Å². The molecule has 0 amide bonds. The van der Waals surface area contributed by atoms with Gasteiger partial charge in [-0.3, -0.25) is 0 Å². The lowest BCUT2D eigenvalue weighted by molar-refractivity contribution is 0.0339. The van der Waals surface area contributed by atoms with Crippen LogP contribution in [0.5, 0.6) is 0 Å². The van der Waals surface area contributed by atoms with Crippen LogP contribution >= 0.6 is 0 Å². The predicted molar refractivity (Wildman–Crippen MR) is 55.0 cm³/mol. The molecular formula is C11H21NO2. The van der Waals surface area contributed by atoms with Gasteiger partial charge in [-0.1, -0.05) is 12.8 Å². The molecule has 2 aliphatic rings. The minimum Gasteiger partial charge on any atom is -0.393 e. The van der Waals surface area contributed by atoms with E-state index in [1.807, 2.05) is 0 Å². The summed E-state index contributed by atoms with van der Waals surface area (Å²) in [6, 6.07) is 0.307. The summed E-state index contributed by atoms with van der Waals surface area (Å²) in [5.74, 6) is 0.638. The van der Waals surface area contributed by atoms with Crippen molar-refractivity contribution < 1.29 is 10.2 Å². The molecule has 0 saturated heterocycles. The molecule has 3 nitrogen and oxygen atoms in total. The fourth-order valence-electron chi connectivity index (χ4n) is 2.53. The molecule has 0 radical (unpaired) electrons. The fourth-order valence-corrected chi connectivity index (χ4v) is 2.53. The highest BCUT2D eigenvalue weighted by Gasteiger charge is 2.29. The van der Waals surface area contributed by atoms with Gasteiger partial charge in [-0.25, -0.2) is 0 Å². The maximum absolute atomic E-state index is 9.71. The minimum absolute atomic E-state index is 0.0573. The Kier molecular flexibility index (Phi) is 3.42. The van der Waals surface area contributed by atoms with Gasteiger partial charge in [0.2, 0.25) is 0 Å². The normalized spacial score (nSPS) is 43.3. The third kappa shape index (κ3) is 2.47. The highest BCUT2D eigenvalue weighted by atomic mass is 16.3. The Labute approximate surface area is 85.5 Å². The standard InChI is InChI=1S/C11H21NO2/c13-9-5-8(6-9)7-12-10-3-1-2-4-11(10)14/h8-14H,1-7H2/t8?,9?,10-,11-/m1/s1. The molecule has 82 valence electrons. The van der Waals surface area contributed by atoms with Crippen molar-refractivity contribution in [2.45, 2.75) is 56.8 Å². The molecule has 0 aromatic heterocycles. The summed E-state index contributed by atoms with van der Waals surface area (Å²) in [5, 5.41) is 22.3. The smallest absolute Gasteiger partial charge is 0.0693 e. The van der Waals surface area contributed by atoms with Gasteiger partial charge in [0, 0.05) is 6.04 Å². The van der Waals surface area contributed by atoms with E-state index in [9.17, 15) is 5.11 Å². The van der Waals surface area contributed by atoms with Crippen molar-refractivity contribution in [1.29, 1.82) is 0 Å². The van der Waals surface area contributed by atoms with Crippen molar-refractivity contribution in [2.24, 2.45) is 5.92 Å². The van der Waals surface area contributed by atoms with E-state index in [1.54, 1.807) is 0 Å². The SMILES string of the molecule is OC1CC(CN[C@@H]2CCCC[C@H]2O)C1. The van der Waals surface area contributed by atoms with Gasteiger partial charge in [-0.2, -0.15) is 0 Å². The van der Waals surface area contributed by atoms with Crippen molar-refractivity contribution >= 4 is 0 Å². The van der Waals surface area contributed by atoms with E-state index in [4.69, 9.17) is 5.11 Å². The summed E-state index contributed by atoms with van der Waals surface area (Å²) >= 11 is 0. The number of aliphatic hydroxyl groups is 2. The Bertz CT molecular complexity index is 180. The van der Waals surface area contributed by atoms with Crippen LogP contribution in [0.2, 0.25) is 0 Å². The highest BCUT2D eigenvalue weighted by molar-refractivity contribution is 4.85. The number of rotatable bonds is 3. The Balaban J connectivity index is 1.64. The van der Waals surface area contributed by atoms with E-state index in [0.29, 0.717) is 12.0 Å². The van der Waals surface area contributed by atoms with Crippen LogP contribution in [0, 0.1) is 5.92 Å².